The Hall–Kier alpha value is -3.75. The fraction of sp³-hybridized carbons (Fsp3) is 0.267. The maximum Gasteiger partial charge on any atom is 0.255 e. The van der Waals surface area contributed by atoms with Gasteiger partial charge in [0.1, 0.15) is 23.9 Å². The first-order valence-corrected chi connectivity index (χ1v) is 14.6. The van der Waals surface area contributed by atoms with E-state index < -0.39 is 22.2 Å². The van der Waals surface area contributed by atoms with Gasteiger partial charge < -0.3 is 9.52 Å². The van der Waals surface area contributed by atoms with E-state index in [0.717, 1.165) is 23.3 Å². The lowest BCUT2D eigenvalue weighted by molar-refractivity contribution is 0.350. The number of aromatic nitrogens is 2. The van der Waals surface area contributed by atoms with E-state index in [2.05, 4.69) is 11.8 Å². The van der Waals surface area contributed by atoms with Gasteiger partial charge in [0.15, 0.2) is 11.7 Å². The number of nitrogens with zero attached hydrogens (tertiary/aromatic N) is 2. The molecule has 0 aliphatic carbocycles. The molecule has 3 heterocycles. The van der Waals surface area contributed by atoms with Gasteiger partial charge in [0.25, 0.3) is 5.56 Å². The Balaban J connectivity index is 1.65. The molecule has 0 bridgehead atoms. The number of pyridine rings is 1. The first-order valence-electron chi connectivity index (χ1n) is 12.7. The molecule has 0 amide bonds. The predicted molar refractivity (Wildman–Crippen MR) is 151 cm³/mol. The van der Waals surface area contributed by atoms with Gasteiger partial charge in [0.05, 0.1) is 11.3 Å². The predicted octanol–water partition coefficient (Wildman–Crippen LogP) is 6.03. The van der Waals surface area contributed by atoms with Crippen LogP contribution in [-0.4, -0.2) is 41.9 Å². The molecule has 0 unspecified atom stereocenters. The first-order chi connectivity index (χ1) is 19.1. The van der Waals surface area contributed by atoms with Gasteiger partial charge in [0.2, 0.25) is 0 Å². The molecule has 0 spiro atoms. The molecular formula is C30H28F2N2O5S. The molecule has 1 aliphatic heterocycles. The number of oxazole rings is 1. The minimum absolute atomic E-state index is 0.0205. The average molecular weight is 567 g/mol. The quantitative estimate of drug-likeness (QED) is 0.261. The summed E-state index contributed by atoms with van der Waals surface area (Å²) < 4.78 is 56.3. The highest BCUT2D eigenvalue weighted by Crippen LogP contribution is 2.49. The van der Waals surface area contributed by atoms with Crippen LogP contribution in [0.5, 0.6) is 0 Å². The van der Waals surface area contributed by atoms with Gasteiger partial charge in [0, 0.05) is 46.9 Å². The normalized spacial score (nSPS) is 15.9. The maximum atomic E-state index is 15.0. The van der Waals surface area contributed by atoms with Crippen molar-refractivity contribution in [3.05, 3.63) is 93.2 Å². The van der Waals surface area contributed by atoms with E-state index in [1.165, 1.54) is 16.7 Å². The zero-order valence-electron chi connectivity index (χ0n) is 21.9. The first kappa shape index (κ1) is 27.8. The van der Waals surface area contributed by atoms with Crippen LogP contribution in [0.1, 0.15) is 41.3 Å². The largest absolute Gasteiger partial charge is 0.440 e. The number of aliphatic hydroxyl groups is 1. The van der Waals surface area contributed by atoms with Crippen LogP contribution in [0.25, 0.3) is 28.3 Å². The number of hydrogen-bond donors (Lipinski definition) is 3. The molecule has 208 valence electrons. The summed E-state index contributed by atoms with van der Waals surface area (Å²) in [7, 11) is -2.63. The van der Waals surface area contributed by atoms with E-state index in [-0.39, 0.29) is 46.6 Å². The zero-order chi connectivity index (χ0) is 28.6. The fourth-order valence-corrected chi connectivity index (χ4v) is 6.60. The van der Waals surface area contributed by atoms with Gasteiger partial charge in [-0.2, -0.15) is 10.6 Å². The van der Waals surface area contributed by atoms with Crippen molar-refractivity contribution in [1.82, 2.24) is 9.55 Å². The lowest BCUT2D eigenvalue weighted by Gasteiger charge is -2.38. The molecular weight excluding hydrogens is 538 g/mol. The Morgan fingerprint density at radius 1 is 1.07 bits per heavy atom. The fourth-order valence-electron chi connectivity index (χ4n) is 5.07. The van der Waals surface area contributed by atoms with Gasteiger partial charge in [-0.3, -0.25) is 18.5 Å². The van der Waals surface area contributed by atoms with Crippen molar-refractivity contribution in [2.45, 2.75) is 32.6 Å². The lowest BCUT2D eigenvalue weighted by Crippen LogP contribution is -2.19. The number of rotatable bonds is 4. The molecule has 0 saturated carbocycles. The second-order valence-corrected chi connectivity index (χ2v) is 12.3. The molecule has 2 aromatic heterocycles. The van der Waals surface area contributed by atoms with Crippen molar-refractivity contribution in [2.24, 2.45) is 0 Å². The molecule has 1 aliphatic rings. The van der Waals surface area contributed by atoms with Crippen LogP contribution in [-0.2, 0) is 0 Å². The highest BCUT2D eigenvalue weighted by molar-refractivity contribution is 8.24. The molecule has 5 rings (SSSR count). The minimum atomic E-state index is -2.63. The number of aliphatic hydroxyl groups excluding tert-OH is 1. The summed E-state index contributed by atoms with van der Waals surface area (Å²) in [5.74, 6) is 4.60. The SMILES string of the molecule is Cc1cc(C#CCO)cc(C)c1-n1cc(-c2nc(C3CCS(O)(O)CC3)oc2-c2ccc(F)cc2F)ccc1=O. The molecule has 3 N–H and O–H groups in total. The summed E-state index contributed by atoms with van der Waals surface area (Å²) in [6.45, 7) is 3.44. The Morgan fingerprint density at radius 3 is 2.42 bits per heavy atom. The van der Waals surface area contributed by atoms with Crippen molar-refractivity contribution in [1.29, 1.82) is 0 Å². The van der Waals surface area contributed by atoms with Crippen molar-refractivity contribution in [3.8, 4) is 40.1 Å². The lowest BCUT2D eigenvalue weighted by atomic mass is 10.0. The summed E-state index contributed by atoms with van der Waals surface area (Å²) >= 11 is 0. The molecule has 40 heavy (non-hydrogen) atoms. The summed E-state index contributed by atoms with van der Waals surface area (Å²) in [4.78, 5) is 17.7. The van der Waals surface area contributed by atoms with Gasteiger partial charge >= 0.3 is 0 Å². The number of hydrogen-bond acceptors (Lipinski definition) is 6. The Labute approximate surface area is 231 Å². The molecule has 0 radical (unpaired) electrons. The van der Waals surface area contributed by atoms with Crippen LogP contribution in [0.3, 0.4) is 0 Å². The number of halogens is 2. The molecule has 0 atom stereocenters. The Morgan fingerprint density at radius 2 is 1.77 bits per heavy atom. The second-order valence-electron chi connectivity index (χ2n) is 9.88. The van der Waals surface area contributed by atoms with E-state index in [0.29, 0.717) is 35.5 Å². The van der Waals surface area contributed by atoms with Crippen LogP contribution in [0.2, 0.25) is 0 Å². The van der Waals surface area contributed by atoms with Crippen molar-refractivity contribution < 1.29 is 27.4 Å². The van der Waals surface area contributed by atoms with Crippen molar-refractivity contribution in [2.75, 3.05) is 18.1 Å². The molecule has 2 aromatic carbocycles. The highest BCUT2D eigenvalue weighted by atomic mass is 32.3. The molecule has 10 heteroatoms. The number of benzene rings is 2. The molecule has 4 aromatic rings. The molecule has 1 saturated heterocycles. The summed E-state index contributed by atoms with van der Waals surface area (Å²) in [6, 6.07) is 9.81. The van der Waals surface area contributed by atoms with Crippen LogP contribution in [0.4, 0.5) is 8.78 Å². The third-order valence-corrected chi connectivity index (χ3v) is 8.76. The summed E-state index contributed by atoms with van der Waals surface area (Å²) in [5.41, 5.74) is 3.42. The van der Waals surface area contributed by atoms with Gasteiger partial charge in [-0.1, -0.05) is 11.8 Å². The van der Waals surface area contributed by atoms with Gasteiger partial charge in [-0.05, 0) is 68.1 Å². The minimum Gasteiger partial charge on any atom is -0.440 e. The summed E-state index contributed by atoms with van der Waals surface area (Å²) in [6.07, 6.45) is 2.49. The average Bonchev–Trinajstić information content (AvgIpc) is 3.33. The van der Waals surface area contributed by atoms with E-state index in [1.807, 2.05) is 26.0 Å². The smallest absolute Gasteiger partial charge is 0.255 e. The Bertz CT molecular complexity index is 1680. The standard InChI is InChI=1S/C30H28F2N2O5S/c1-18-14-20(4-3-11-35)15-19(2)28(18)34-17-22(5-8-26(34)36)27-29(24-7-6-23(31)16-25(24)32)39-30(33-27)21-9-12-40(37,38)13-10-21/h5-8,14-17,21,35,37-38H,9-13H2,1-2H3. The highest BCUT2D eigenvalue weighted by Gasteiger charge is 2.30. The third kappa shape index (κ3) is 5.60. The third-order valence-electron chi connectivity index (χ3n) is 6.98. The van der Waals surface area contributed by atoms with E-state index >= 15 is 0 Å². The van der Waals surface area contributed by atoms with Gasteiger partial charge in [-0.15, -0.1) is 0 Å². The van der Waals surface area contributed by atoms with Crippen LogP contribution < -0.4 is 5.56 Å². The second kappa shape index (κ2) is 11.0. The van der Waals surface area contributed by atoms with Gasteiger partial charge in [-0.25, -0.2) is 13.8 Å². The number of aryl methyl sites for hydroxylation is 2. The molecule has 7 nitrogen and oxygen atoms in total. The zero-order valence-corrected chi connectivity index (χ0v) is 22.8. The Kier molecular flexibility index (Phi) is 7.66. The topological polar surface area (TPSA) is 109 Å². The van der Waals surface area contributed by atoms with Crippen molar-refractivity contribution in [3.63, 3.8) is 0 Å². The van der Waals surface area contributed by atoms with E-state index in [1.54, 1.807) is 12.3 Å². The van der Waals surface area contributed by atoms with E-state index in [4.69, 9.17) is 14.5 Å². The van der Waals surface area contributed by atoms with Crippen LogP contribution in [0.15, 0.2) is 57.9 Å². The van der Waals surface area contributed by atoms with Crippen LogP contribution >= 0.6 is 10.6 Å². The monoisotopic (exact) mass is 566 g/mol. The molecule has 1 fully saturated rings. The maximum absolute atomic E-state index is 15.0. The van der Waals surface area contributed by atoms with Crippen molar-refractivity contribution >= 4 is 10.6 Å². The summed E-state index contributed by atoms with van der Waals surface area (Å²) in [5, 5.41) is 9.02. The van der Waals surface area contributed by atoms with E-state index in [9.17, 15) is 22.7 Å². The van der Waals surface area contributed by atoms with Crippen LogP contribution in [0, 0.1) is 37.3 Å².